The van der Waals surface area contributed by atoms with Crippen LogP contribution in [0.15, 0.2) is 35.2 Å². The average molecular weight is 183 g/mol. The van der Waals surface area contributed by atoms with Gasteiger partial charge in [0, 0.05) is 4.90 Å². The fourth-order valence-corrected chi connectivity index (χ4v) is 1.30. The Labute approximate surface area is 74.4 Å². The number of ether oxygens (including phenoxy) is 1. The molecule has 63 valence electrons. The average Bonchev–Trinajstić information content (AvgIpc) is 2.05. The van der Waals surface area contributed by atoms with Crippen LogP contribution < -0.4 is 0 Å². The molecule has 0 aliphatic heterocycles. The zero-order valence-corrected chi connectivity index (χ0v) is 7.04. The molecule has 1 rings (SSSR count). The second-order valence-electron chi connectivity index (χ2n) is 1.97. The summed E-state index contributed by atoms with van der Waals surface area (Å²) in [6.07, 6.45) is -1.49. The van der Waals surface area contributed by atoms with Crippen molar-refractivity contribution < 1.29 is 14.6 Å². The molecule has 0 aliphatic carbocycles. The predicted octanol–water partition coefficient (Wildman–Crippen LogP) is 2.30. The van der Waals surface area contributed by atoms with E-state index in [9.17, 15) is 9.90 Å². The summed E-state index contributed by atoms with van der Waals surface area (Å²) in [5, 5.41) is 9.84. The molecule has 4 heteroatoms. The minimum absolute atomic E-state index is 0.0757. The SMILES string of the molecule is [O]C(=O)OCSc1ccccc1. The maximum absolute atomic E-state index is 9.84. The molecule has 0 saturated heterocycles. The first-order valence-electron chi connectivity index (χ1n) is 3.30. The lowest BCUT2D eigenvalue weighted by Gasteiger charge is -1.98. The zero-order chi connectivity index (χ0) is 8.81. The van der Waals surface area contributed by atoms with Gasteiger partial charge >= 0.3 is 6.16 Å². The minimum Gasteiger partial charge on any atom is -0.420 e. The van der Waals surface area contributed by atoms with E-state index in [-0.39, 0.29) is 5.94 Å². The number of rotatable bonds is 3. The van der Waals surface area contributed by atoms with E-state index in [1.165, 1.54) is 11.8 Å². The molecule has 0 amide bonds. The lowest BCUT2D eigenvalue weighted by Crippen LogP contribution is -1.96. The summed E-state index contributed by atoms with van der Waals surface area (Å²) in [5.74, 6) is 0.0757. The van der Waals surface area contributed by atoms with Crippen LogP contribution in [0.2, 0.25) is 0 Å². The lowest BCUT2D eigenvalue weighted by atomic mass is 10.4. The standard InChI is InChI=1S/C8H7O3S/c9-8(10)11-6-12-7-4-2-1-3-5-7/h1-5H,6H2. The third kappa shape index (κ3) is 3.30. The minimum atomic E-state index is -1.49. The fourth-order valence-electron chi connectivity index (χ4n) is 0.662. The highest BCUT2D eigenvalue weighted by Gasteiger charge is 1.98. The number of benzene rings is 1. The zero-order valence-electron chi connectivity index (χ0n) is 6.23. The van der Waals surface area contributed by atoms with Crippen LogP contribution in [0.5, 0.6) is 0 Å². The van der Waals surface area contributed by atoms with E-state index in [1.54, 1.807) is 0 Å². The first-order chi connectivity index (χ1) is 5.79. The Hall–Kier alpha value is -1.16. The van der Waals surface area contributed by atoms with Gasteiger partial charge in [0.15, 0.2) is 0 Å². The Bertz CT molecular complexity index is 248. The second-order valence-corrected chi connectivity index (χ2v) is 2.97. The highest BCUT2D eigenvalue weighted by atomic mass is 32.2. The smallest absolute Gasteiger partial charge is 0.420 e. The highest BCUT2D eigenvalue weighted by molar-refractivity contribution is 7.99. The van der Waals surface area contributed by atoms with Crippen molar-refractivity contribution in [1.82, 2.24) is 0 Å². The van der Waals surface area contributed by atoms with E-state index in [4.69, 9.17) is 0 Å². The van der Waals surface area contributed by atoms with Gasteiger partial charge in [0.2, 0.25) is 0 Å². The normalized spacial score (nSPS) is 9.33. The third-order valence-corrected chi connectivity index (χ3v) is 1.99. The summed E-state index contributed by atoms with van der Waals surface area (Å²) in [6.45, 7) is 0. The van der Waals surface area contributed by atoms with Crippen molar-refractivity contribution in [1.29, 1.82) is 0 Å². The van der Waals surface area contributed by atoms with Crippen LogP contribution in [-0.2, 0) is 9.84 Å². The van der Waals surface area contributed by atoms with Gasteiger partial charge in [0.25, 0.3) is 0 Å². The molecule has 0 N–H and O–H groups in total. The van der Waals surface area contributed by atoms with Crippen LogP contribution in [0.3, 0.4) is 0 Å². The third-order valence-electron chi connectivity index (χ3n) is 1.15. The molecule has 0 aromatic heterocycles. The van der Waals surface area contributed by atoms with Crippen LogP contribution in [-0.4, -0.2) is 12.1 Å². The van der Waals surface area contributed by atoms with Crippen LogP contribution in [0.4, 0.5) is 4.79 Å². The first-order valence-corrected chi connectivity index (χ1v) is 4.29. The van der Waals surface area contributed by atoms with Crippen LogP contribution in [0, 0.1) is 0 Å². The van der Waals surface area contributed by atoms with Crippen molar-refractivity contribution in [2.24, 2.45) is 0 Å². The molecule has 0 spiro atoms. The van der Waals surface area contributed by atoms with E-state index >= 15 is 0 Å². The molecule has 1 aromatic carbocycles. The number of carbonyl (C=O) groups excluding carboxylic acids is 1. The summed E-state index contributed by atoms with van der Waals surface area (Å²) >= 11 is 1.31. The lowest BCUT2D eigenvalue weighted by molar-refractivity contribution is 0.0831. The molecule has 12 heavy (non-hydrogen) atoms. The Kier molecular flexibility index (Phi) is 3.47. The number of hydrogen-bond donors (Lipinski definition) is 0. The molecule has 1 aromatic rings. The fraction of sp³-hybridized carbons (Fsp3) is 0.125. The molecule has 0 fully saturated rings. The van der Waals surface area contributed by atoms with Gasteiger partial charge in [-0.1, -0.05) is 30.0 Å². The van der Waals surface area contributed by atoms with E-state index in [0.29, 0.717) is 0 Å². The predicted molar refractivity (Wildman–Crippen MR) is 44.3 cm³/mol. The van der Waals surface area contributed by atoms with Crippen molar-refractivity contribution in [2.45, 2.75) is 4.90 Å². The Morgan fingerprint density at radius 2 is 2.00 bits per heavy atom. The highest BCUT2D eigenvalue weighted by Crippen LogP contribution is 2.16. The molecule has 0 atom stereocenters. The molecule has 0 unspecified atom stereocenters. The van der Waals surface area contributed by atoms with Crippen LogP contribution in [0.25, 0.3) is 0 Å². The van der Waals surface area contributed by atoms with E-state index in [2.05, 4.69) is 4.74 Å². The number of thioether (sulfide) groups is 1. The quantitative estimate of drug-likeness (QED) is 0.410. The summed E-state index contributed by atoms with van der Waals surface area (Å²) in [6, 6.07) is 9.40. The van der Waals surface area contributed by atoms with Crippen molar-refractivity contribution >= 4 is 17.9 Å². The van der Waals surface area contributed by atoms with Crippen molar-refractivity contribution in [3.63, 3.8) is 0 Å². The van der Waals surface area contributed by atoms with Gasteiger partial charge < -0.3 is 4.74 Å². The van der Waals surface area contributed by atoms with Gasteiger partial charge in [0.05, 0.1) is 0 Å². The summed E-state index contributed by atoms with van der Waals surface area (Å²) < 4.78 is 4.21. The van der Waals surface area contributed by atoms with Gasteiger partial charge in [0.1, 0.15) is 5.94 Å². The second kappa shape index (κ2) is 4.66. The van der Waals surface area contributed by atoms with Crippen LogP contribution >= 0.6 is 11.8 Å². The maximum atomic E-state index is 9.84. The summed E-state index contributed by atoms with van der Waals surface area (Å²) in [7, 11) is 0. The van der Waals surface area contributed by atoms with Crippen molar-refractivity contribution in [3.05, 3.63) is 30.3 Å². The molecular weight excluding hydrogens is 176 g/mol. The molecule has 0 bridgehead atoms. The molecular formula is C8H7O3S. The number of hydrogen-bond acceptors (Lipinski definition) is 3. The summed E-state index contributed by atoms with van der Waals surface area (Å²) in [5.41, 5.74) is 0. The van der Waals surface area contributed by atoms with Crippen LogP contribution in [0.1, 0.15) is 0 Å². The topological polar surface area (TPSA) is 46.2 Å². The Morgan fingerprint density at radius 3 is 2.58 bits per heavy atom. The van der Waals surface area contributed by atoms with Crippen molar-refractivity contribution in [2.75, 3.05) is 5.94 Å². The van der Waals surface area contributed by atoms with Gasteiger partial charge in [-0.2, -0.15) is 9.90 Å². The van der Waals surface area contributed by atoms with Gasteiger partial charge in [-0.3, -0.25) is 0 Å². The molecule has 3 nitrogen and oxygen atoms in total. The molecule has 0 heterocycles. The summed E-state index contributed by atoms with van der Waals surface area (Å²) in [4.78, 5) is 10.8. The van der Waals surface area contributed by atoms with Gasteiger partial charge in [-0.15, -0.1) is 0 Å². The Balaban J connectivity index is 2.29. The van der Waals surface area contributed by atoms with Gasteiger partial charge in [-0.05, 0) is 12.1 Å². The van der Waals surface area contributed by atoms with E-state index in [1.807, 2.05) is 30.3 Å². The van der Waals surface area contributed by atoms with E-state index in [0.717, 1.165) is 4.90 Å². The van der Waals surface area contributed by atoms with E-state index < -0.39 is 6.16 Å². The molecule has 1 radical (unpaired) electrons. The van der Waals surface area contributed by atoms with Gasteiger partial charge in [-0.25, -0.2) is 0 Å². The van der Waals surface area contributed by atoms with Crippen molar-refractivity contribution in [3.8, 4) is 0 Å². The molecule has 0 saturated carbocycles. The first kappa shape index (κ1) is 8.93. The molecule has 0 aliphatic rings. The largest absolute Gasteiger partial charge is 0.550 e. The monoisotopic (exact) mass is 183 g/mol. The maximum Gasteiger partial charge on any atom is 0.550 e. The number of carbonyl (C=O) groups is 1. The Morgan fingerprint density at radius 1 is 1.33 bits per heavy atom.